The van der Waals surface area contributed by atoms with Gasteiger partial charge in [-0.15, -0.1) is 0 Å². The first kappa shape index (κ1) is 37.9. The minimum atomic E-state index is 0.0781. The second-order valence-corrected chi connectivity index (χ2v) is 20.6. The molecule has 0 N–H and O–H groups in total. The Hall–Kier alpha value is -7.24. The normalized spacial score (nSPS) is 25.5. The average Bonchev–Trinajstić information content (AvgIpc) is 3.82. The van der Waals surface area contributed by atoms with Crippen molar-refractivity contribution >= 4 is 46.3 Å². The molecule has 4 nitrogen and oxygen atoms in total. The SMILES string of the molecule is Cc1ccc2c(c1)C1B3c4c(cccc4N(c4ccc5c(c4)C4C=CC=CC4c4ccccc4-5)C4C3c3cc(C)ccc3N4C)N(c3ccc4c(c3)C3C=CC=CC3c3ccccc3-4)C1N2C. The zero-order valence-corrected chi connectivity index (χ0v) is 38.4. The number of nitrogens with zero attached hydrogens (tertiary/aromatic N) is 4. The molecule has 0 spiro atoms. The number of rotatable bonds is 2. The van der Waals surface area contributed by atoms with Crippen LogP contribution in [0.15, 0.2) is 188 Å². The van der Waals surface area contributed by atoms with Crippen molar-refractivity contribution in [3.63, 3.8) is 0 Å². The number of anilines is 6. The van der Waals surface area contributed by atoms with Gasteiger partial charge in [-0.2, -0.15) is 0 Å². The number of hydrogen-bond donors (Lipinski definition) is 0. The Kier molecular flexibility index (Phi) is 7.74. The van der Waals surface area contributed by atoms with Gasteiger partial charge in [0.15, 0.2) is 0 Å². The van der Waals surface area contributed by atoms with E-state index >= 15 is 0 Å². The van der Waals surface area contributed by atoms with Crippen molar-refractivity contribution in [2.75, 3.05) is 33.7 Å². The first-order chi connectivity index (χ1) is 32.9. The molecule has 4 heterocycles. The molecule has 0 bridgehead atoms. The lowest BCUT2D eigenvalue weighted by molar-refractivity contribution is 0.594. The predicted molar refractivity (Wildman–Crippen MR) is 280 cm³/mol. The Morgan fingerprint density at radius 3 is 1.25 bits per heavy atom. The van der Waals surface area contributed by atoms with E-state index in [9.17, 15) is 0 Å². The van der Waals surface area contributed by atoms with Gasteiger partial charge >= 0.3 is 0 Å². The van der Waals surface area contributed by atoms with Crippen molar-refractivity contribution in [3.05, 3.63) is 233 Å². The van der Waals surface area contributed by atoms with Gasteiger partial charge in [0.2, 0.25) is 6.71 Å². The molecule has 8 aliphatic rings. The molecular weight excluding hydrogens is 812 g/mol. The first-order valence-electron chi connectivity index (χ1n) is 24.5. The fourth-order valence-electron chi connectivity index (χ4n) is 14.7. The summed E-state index contributed by atoms with van der Waals surface area (Å²) < 4.78 is 0. The summed E-state index contributed by atoms with van der Waals surface area (Å²) in [4.78, 5) is 10.8. The topological polar surface area (TPSA) is 13.0 Å². The third-order valence-electron chi connectivity index (χ3n) is 17.3. The minimum absolute atomic E-state index is 0.0781. The van der Waals surface area contributed by atoms with Gasteiger partial charge in [0.25, 0.3) is 0 Å². The third-order valence-corrected chi connectivity index (χ3v) is 17.3. The summed E-state index contributed by atoms with van der Waals surface area (Å²) in [6.45, 7) is 4.79. The van der Waals surface area contributed by atoms with Gasteiger partial charge in [0.1, 0.15) is 12.3 Å². The van der Waals surface area contributed by atoms with Crippen LogP contribution in [0.4, 0.5) is 34.1 Å². The molecule has 7 aromatic carbocycles. The number of aryl methyl sites for hydroxylation is 2. The Balaban J connectivity index is 0.990. The highest BCUT2D eigenvalue weighted by Crippen LogP contribution is 2.60. The largest absolute Gasteiger partial charge is 0.354 e. The zero-order valence-electron chi connectivity index (χ0n) is 38.4. The predicted octanol–water partition coefficient (Wildman–Crippen LogP) is 13.5. The lowest BCUT2D eigenvalue weighted by Crippen LogP contribution is -2.66. The lowest BCUT2D eigenvalue weighted by Gasteiger charge is -2.54. The van der Waals surface area contributed by atoms with Crippen molar-refractivity contribution in [3.8, 4) is 22.3 Å². The van der Waals surface area contributed by atoms with E-state index in [4.69, 9.17) is 0 Å². The minimum Gasteiger partial charge on any atom is -0.354 e. The molecule has 4 aliphatic carbocycles. The molecule has 67 heavy (non-hydrogen) atoms. The molecule has 0 saturated carbocycles. The Bertz CT molecular complexity index is 3210. The van der Waals surface area contributed by atoms with Crippen LogP contribution < -0.4 is 25.1 Å². The molecule has 0 saturated heterocycles. The van der Waals surface area contributed by atoms with Crippen LogP contribution in [0.25, 0.3) is 22.3 Å². The van der Waals surface area contributed by atoms with E-state index in [1.165, 1.54) is 106 Å². The van der Waals surface area contributed by atoms with Crippen LogP contribution in [0, 0.1) is 13.8 Å². The van der Waals surface area contributed by atoms with Gasteiger partial charge in [-0.25, -0.2) is 0 Å². The average molecular weight is 863 g/mol. The molecule has 0 fully saturated rings. The number of hydrogen-bond acceptors (Lipinski definition) is 4. The fourth-order valence-corrected chi connectivity index (χ4v) is 14.7. The second-order valence-electron chi connectivity index (χ2n) is 20.6. The molecule has 0 aromatic heterocycles. The lowest BCUT2D eigenvalue weighted by atomic mass is 9.25. The van der Waals surface area contributed by atoms with Crippen LogP contribution in [0.2, 0.25) is 0 Å². The van der Waals surface area contributed by atoms with Crippen molar-refractivity contribution in [2.45, 2.75) is 61.5 Å². The molecule has 322 valence electrons. The summed E-state index contributed by atoms with van der Waals surface area (Å²) >= 11 is 0. The molecule has 15 rings (SSSR count). The maximum absolute atomic E-state index is 2.76. The third kappa shape index (κ3) is 4.99. The fraction of sp³-hybridized carbons (Fsp3) is 0.194. The van der Waals surface area contributed by atoms with Crippen LogP contribution >= 0.6 is 0 Å². The van der Waals surface area contributed by atoms with Gasteiger partial charge in [0, 0.05) is 83.5 Å². The zero-order chi connectivity index (χ0) is 44.4. The quantitative estimate of drug-likeness (QED) is 0.161. The highest BCUT2D eigenvalue weighted by Gasteiger charge is 2.61. The van der Waals surface area contributed by atoms with Crippen LogP contribution in [-0.2, 0) is 0 Å². The van der Waals surface area contributed by atoms with E-state index in [0.717, 1.165) is 0 Å². The Labute approximate surface area is 394 Å². The van der Waals surface area contributed by atoms with E-state index in [-0.39, 0.29) is 42.5 Å². The molecule has 8 atom stereocenters. The van der Waals surface area contributed by atoms with E-state index in [1.807, 2.05) is 0 Å². The molecule has 4 aliphatic heterocycles. The van der Waals surface area contributed by atoms with Crippen LogP contribution in [-0.4, -0.2) is 33.1 Å². The standard InChI is InChI=1S/C62H51BN4/c1-36-24-30-54-52(32-36)58-61(64(54)3)66(38-26-28-48-44-18-7-5-14-40(44)42-16-9-11-20-46(42)50(48)34-38)56-22-13-23-57-60(56)63(58)59-53-33-37(2)25-31-55(53)65(4)62(59)67(57)39-27-29-49-45-19-8-6-15-41(45)43-17-10-12-21-47(43)51(49)35-39/h5-35,42-43,46-47,58-59,61-62H,1-4H3. The number of likely N-dealkylation sites (N-methyl/N-ethyl adjacent to an activating group) is 2. The Morgan fingerprint density at radius 2 is 0.791 bits per heavy atom. The maximum Gasteiger partial charge on any atom is 0.206 e. The highest BCUT2D eigenvalue weighted by atomic mass is 15.4. The summed E-state index contributed by atoms with van der Waals surface area (Å²) in [6.07, 6.45) is 18.9. The molecule has 0 amide bonds. The van der Waals surface area contributed by atoms with Crippen LogP contribution in [0.3, 0.4) is 0 Å². The summed E-state index contributed by atoms with van der Waals surface area (Å²) in [7, 11) is 4.72. The van der Waals surface area contributed by atoms with Gasteiger partial charge in [-0.05, 0) is 123 Å². The van der Waals surface area contributed by atoms with E-state index in [1.54, 1.807) is 0 Å². The summed E-state index contributed by atoms with van der Waals surface area (Å²) in [5.74, 6) is 1.63. The molecule has 7 aromatic rings. The van der Waals surface area contributed by atoms with Gasteiger partial charge in [-0.1, -0.05) is 151 Å². The monoisotopic (exact) mass is 862 g/mol. The summed E-state index contributed by atoms with van der Waals surface area (Å²) in [5.41, 5.74) is 26.1. The summed E-state index contributed by atoms with van der Waals surface area (Å²) in [5, 5.41) is 0. The molecule has 0 radical (unpaired) electrons. The van der Waals surface area contributed by atoms with Crippen molar-refractivity contribution in [1.29, 1.82) is 0 Å². The van der Waals surface area contributed by atoms with Gasteiger partial charge < -0.3 is 19.6 Å². The van der Waals surface area contributed by atoms with Crippen molar-refractivity contribution in [1.82, 2.24) is 0 Å². The van der Waals surface area contributed by atoms with Gasteiger partial charge in [-0.3, -0.25) is 0 Å². The van der Waals surface area contributed by atoms with E-state index in [0.29, 0.717) is 11.8 Å². The maximum atomic E-state index is 2.76. The molecular formula is C62H51BN4. The van der Waals surface area contributed by atoms with E-state index in [2.05, 4.69) is 236 Å². The van der Waals surface area contributed by atoms with Crippen LogP contribution in [0.5, 0.6) is 0 Å². The second kappa shape index (κ2) is 13.7. The number of allylic oxidation sites excluding steroid dienone is 8. The summed E-state index contributed by atoms with van der Waals surface area (Å²) in [6, 6.07) is 54.8. The number of fused-ring (bicyclic) bond motifs is 20. The first-order valence-corrected chi connectivity index (χ1v) is 24.5. The molecule has 8 unspecified atom stereocenters. The molecule has 5 heteroatoms. The number of benzene rings is 7. The Morgan fingerprint density at radius 1 is 0.373 bits per heavy atom. The van der Waals surface area contributed by atoms with E-state index < -0.39 is 0 Å². The van der Waals surface area contributed by atoms with Crippen molar-refractivity contribution in [2.24, 2.45) is 0 Å². The van der Waals surface area contributed by atoms with Gasteiger partial charge in [0.05, 0.1) is 0 Å². The smallest absolute Gasteiger partial charge is 0.206 e. The van der Waals surface area contributed by atoms with Crippen molar-refractivity contribution < 1.29 is 0 Å². The highest BCUT2D eigenvalue weighted by molar-refractivity contribution is 6.80. The van der Waals surface area contributed by atoms with Crippen LogP contribution in [0.1, 0.15) is 79.8 Å².